The van der Waals surface area contributed by atoms with Gasteiger partial charge in [0, 0.05) is 12.8 Å². The van der Waals surface area contributed by atoms with Gasteiger partial charge in [-0.1, -0.05) is 6.42 Å². The number of nitrogens with one attached hydrogen (secondary N) is 2. The first kappa shape index (κ1) is 12.6. The van der Waals surface area contributed by atoms with Gasteiger partial charge in [-0.2, -0.15) is 0 Å². The Labute approximate surface area is 109 Å². The Balaban J connectivity index is 1.80. The number of quaternary nitrogens is 2. The number of hydrogen-bond acceptors (Lipinski definition) is 2. The van der Waals surface area contributed by atoms with Crippen molar-refractivity contribution in [3.8, 4) is 0 Å². The summed E-state index contributed by atoms with van der Waals surface area (Å²) in [5, 5.41) is 12.9. The number of hydrogen-bond donors (Lipinski definition) is 2. The molecule has 0 radical (unpaired) electrons. The van der Waals surface area contributed by atoms with Crippen LogP contribution in [0.15, 0.2) is 0 Å². The summed E-state index contributed by atoms with van der Waals surface area (Å²) in [5.74, 6) is 0.391. The molecule has 0 bridgehead atoms. The van der Waals surface area contributed by atoms with Crippen LogP contribution in [0.25, 0.3) is 0 Å². The van der Waals surface area contributed by atoms with Gasteiger partial charge in [-0.25, -0.2) is 0 Å². The van der Waals surface area contributed by atoms with Crippen LogP contribution in [-0.4, -0.2) is 37.5 Å². The van der Waals surface area contributed by atoms with Gasteiger partial charge < -0.3 is 15.2 Å². The molecular formula is C14H25N2O2+. The van der Waals surface area contributed by atoms with Gasteiger partial charge >= 0.3 is 0 Å². The van der Waals surface area contributed by atoms with E-state index in [0.29, 0.717) is 10.8 Å². The molecule has 2 aliphatic heterocycles. The average molecular weight is 253 g/mol. The van der Waals surface area contributed by atoms with E-state index in [0.717, 1.165) is 38.6 Å². The lowest BCUT2D eigenvalue weighted by atomic mass is 9.83. The van der Waals surface area contributed by atoms with Gasteiger partial charge in [0.25, 0.3) is 0 Å². The van der Waals surface area contributed by atoms with Crippen LogP contribution in [0, 0.1) is 11.1 Å². The lowest BCUT2D eigenvalue weighted by molar-refractivity contribution is -0.967. The first-order chi connectivity index (χ1) is 8.70. The van der Waals surface area contributed by atoms with Gasteiger partial charge in [-0.15, -0.1) is 0 Å². The van der Waals surface area contributed by atoms with Crippen LogP contribution in [0.1, 0.15) is 44.9 Å². The molecule has 4 heteroatoms. The van der Waals surface area contributed by atoms with Crippen molar-refractivity contribution in [3.05, 3.63) is 5.21 Å². The van der Waals surface area contributed by atoms with Crippen molar-refractivity contribution in [2.45, 2.75) is 63.1 Å². The van der Waals surface area contributed by atoms with E-state index in [1.54, 1.807) is 0 Å². The highest BCUT2D eigenvalue weighted by Gasteiger charge is 2.54. The van der Waals surface area contributed by atoms with Crippen LogP contribution < -0.4 is 9.96 Å². The molecule has 2 N–H and O–H groups in total. The number of rotatable bonds is 1. The SMILES string of the molecule is C[NH+]1CCCCC1C1C(=O)C2CCCCC2[NH+]1[O-]. The molecule has 3 aliphatic rings. The van der Waals surface area contributed by atoms with Crippen molar-refractivity contribution in [2.75, 3.05) is 13.6 Å². The van der Waals surface area contributed by atoms with Gasteiger partial charge in [0.05, 0.1) is 25.6 Å². The number of carbonyl (C=O) groups is 1. The predicted molar refractivity (Wildman–Crippen MR) is 68.3 cm³/mol. The normalized spacial score (nSPS) is 49.1. The lowest BCUT2D eigenvalue weighted by Crippen LogP contribution is -3.24. The third-order valence-corrected chi connectivity index (χ3v) is 5.48. The Morgan fingerprint density at radius 3 is 2.44 bits per heavy atom. The van der Waals surface area contributed by atoms with Crippen molar-refractivity contribution in [2.24, 2.45) is 5.92 Å². The summed E-state index contributed by atoms with van der Waals surface area (Å²) in [7, 11) is 2.16. The summed E-state index contributed by atoms with van der Waals surface area (Å²) in [6.07, 6.45) is 7.71. The monoisotopic (exact) mass is 253 g/mol. The highest BCUT2D eigenvalue weighted by Crippen LogP contribution is 2.29. The fraction of sp³-hybridized carbons (Fsp3) is 0.929. The van der Waals surface area contributed by atoms with Crippen molar-refractivity contribution in [1.29, 1.82) is 0 Å². The molecule has 0 spiro atoms. The number of likely N-dealkylation sites (N-methyl/N-ethyl adjacent to an activating group) is 1. The second kappa shape index (κ2) is 4.91. The molecule has 0 aromatic heterocycles. The maximum absolute atomic E-state index is 12.6. The van der Waals surface area contributed by atoms with Gasteiger partial charge in [-0.05, 0) is 25.7 Å². The zero-order valence-electron chi connectivity index (χ0n) is 11.3. The summed E-state index contributed by atoms with van der Waals surface area (Å²) in [4.78, 5) is 14.0. The first-order valence-electron chi connectivity index (χ1n) is 7.60. The molecule has 6 unspecified atom stereocenters. The van der Waals surface area contributed by atoms with E-state index in [2.05, 4.69) is 7.05 Å². The molecule has 0 aromatic rings. The Morgan fingerprint density at radius 2 is 1.72 bits per heavy atom. The fourth-order valence-corrected chi connectivity index (χ4v) is 4.46. The van der Waals surface area contributed by atoms with Crippen LogP contribution in [0.2, 0.25) is 0 Å². The highest BCUT2D eigenvalue weighted by atomic mass is 16.5. The number of fused-ring (bicyclic) bond motifs is 1. The molecular weight excluding hydrogens is 228 g/mol. The minimum Gasteiger partial charge on any atom is -0.633 e. The number of ketones is 1. The number of Topliss-reactive ketones (excluding diaryl/α,β-unsaturated/α-hetero) is 1. The maximum Gasteiger partial charge on any atom is 0.205 e. The van der Waals surface area contributed by atoms with Crippen molar-refractivity contribution < 1.29 is 14.8 Å². The second-order valence-electron chi connectivity index (χ2n) is 6.48. The predicted octanol–water partition coefficient (Wildman–Crippen LogP) is -1.05. The molecule has 4 nitrogen and oxygen atoms in total. The molecule has 18 heavy (non-hydrogen) atoms. The van der Waals surface area contributed by atoms with E-state index in [-0.39, 0.29) is 24.0 Å². The molecule has 2 saturated heterocycles. The average Bonchev–Trinajstić information content (AvgIpc) is 2.64. The Morgan fingerprint density at radius 1 is 1.06 bits per heavy atom. The topological polar surface area (TPSA) is 49.0 Å². The highest BCUT2D eigenvalue weighted by molar-refractivity contribution is 5.87. The standard InChI is InChI=1S/C14H24N2O2/c1-15-9-5-4-8-12(15)13-14(17)10-6-2-3-7-11(10)16(13)18/h10-13,16H,2-9H2,1H3/p+1. The van der Waals surface area contributed by atoms with Gasteiger partial charge in [0.15, 0.2) is 6.04 Å². The Kier molecular flexibility index (Phi) is 3.43. The van der Waals surface area contributed by atoms with E-state index in [1.807, 2.05) is 0 Å². The van der Waals surface area contributed by atoms with Crippen molar-refractivity contribution in [3.63, 3.8) is 0 Å². The van der Waals surface area contributed by atoms with Crippen LogP contribution >= 0.6 is 0 Å². The molecule has 1 saturated carbocycles. The minimum atomic E-state index is -0.251. The van der Waals surface area contributed by atoms with Crippen molar-refractivity contribution >= 4 is 5.78 Å². The quantitative estimate of drug-likeness (QED) is 0.586. The third kappa shape index (κ3) is 1.91. The van der Waals surface area contributed by atoms with Gasteiger partial charge in [0.2, 0.25) is 5.78 Å². The Bertz CT molecular complexity index is 334. The molecule has 1 aliphatic carbocycles. The molecule has 102 valence electrons. The summed E-state index contributed by atoms with van der Waals surface area (Å²) in [6.45, 7) is 1.12. The van der Waals surface area contributed by atoms with E-state index in [4.69, 9.17) is 0 Å². The van der Waals surface area contributed by atoms with Crippen LogP contribution in [0.3, 0.4) is 0 Å². The molecule has 3 fully saturated rings. The van der Waals surface area contributed by atoms with Crippen LogP contribution in [0.4, 0.5) is 0 Å². The lowest BCUT2D eigenvalue weighted by Gasteiger charge is -2.38. The zero-order chi connectivity index (χ0) is 12.7. The number of piperidine rings is 1. The summed E-state index contributed by atoms with van der Waals surface area (Å²) < 4.78 is 0. The van der Waals surface area contributed by atoms with E-state index in [9.17, 15) is 10.0 Å². The number of carbonyl (C=O) groups excluding carboxylic acids is 1. The van der Waals surface area contributed by atoms with Gasteiger partial charge in [0.1, 0.15) is 6.04 Å². The zero-order valence-corrected chi connectivity index (χ0v) is 11.3. The third-order valence-electron chi connectivity index (χ3n) is 5.48. The Hall–Kier alpha value is -0.450. The minimum absolute atomic E-state index is 0.0889. The largest absolute Gasteiger partial charge is 0.633 e. The first-order valence-corrected chi connectivity index (χ1v) is 7.60. The molecule has 2 heterocycles. The smallest absolute Gasteiger partial charge is 0.205 e. The van der Waals surface area contributed by atoms with Crippen LogP contribution in [-0.2, 0) is 4.79 Å². The van der Waals surface area contributed by atoms with E-state index < -0.39 is 0 Å². The second-order valence-corrected chi connectivity index (χ2v) is 6.48. The maximum atomic E-state index is 12.6. The summed E-state index contributed by atoms with van der Waals surface area (Å²) in [6, 6.07) is 0.119. The van der Waals surface area contributed by atoms with Crippen molar-refractivity contribution in [1.82, 2.24) is 0 Å². The molecule has 3 rings (SSSR count). The molecule has 0 aromatic carbocycles. The number of likely N-dealkylation sites (tertiary alicyclic amines) is 1. The number of hydroxylamine groups is 2. The fourth-order valence-electron chi connectivity index (χ4n) is 4.46. The van der Waals surface area contributed by atoms with Gasteiger partial charge in [-0.3, -0.25) is 4.79 Å². The van der Waals surface area contributed by atoms with Crippen LogP contribution in [0.5, 0.6) is 0 Å². The molecule has 0 amide bonds. The summed E-state index contributed by atoms with van der Waals surface area (Å²) >= 11 is 0. The molecule has 6 atom stereocenters. The van der Waals surface area contributed by atoms with E-state index in [1.165, 1.54) is 17.7 Å². The summed E-state index contributed by atoms with van der Waals surface area (Å²) in [5.41, 5.74) is 0. The van der Waals surface area contributed by atoms with E-state index >= 15 is 0 Å².